The summed E-state index contributed by atoms with van der Waals surface area (Å²) in [4.78, 5) is 14.8. The van der Waals surface area contributed by atoms with Crippen LogP contribution in [-0.4, -0.2) is 42.1 Å². The molecule has 0 aliphatic heterocycles. The zero-order valence-corrected chi connectivity index (χ0v) is 10.9. The second kappa shape index (κ2) is 4.73. The topological polar surface area (TPSA) is 66.0 Å². The van der Waals surface area contributed by atoms with E-state index in [9.17, 15) is 0 Å². The molecule has 0 radical (unpaired) electrons. The molecule has 0 saturated heterocycles. The van der Waals surface area contributed by atoms with E-state index >= 15 is 0 Å². The van der Waals surface area contributed by atoms with Gasteiger partial charge < -0.3 is 15.5 Å². The SMILES string of the molecule is CCC1CC1Nc1nc(NC)nc(N(C)C)n1. The van der Waals surface area contributed by atoms with Crippen molar-refractivity contribution in [3.63, 3.8) is 0 Å². The highest BCUT2D eigenvalue weighted by atomic mass is 15.3. The molecule has 2 unspecified atom stereocenters. The molecule has 2 N–H and O–H groups in total. The van der Waals surface area contributed by atoms with Crippen molar-refractivity contribution in [1.82, 2.24) is 15.0 Å². The third kappa shape index (κ3) is 2.75. The lowest BCUT2D eigenvalue weighted by atomic mass is 10.3. The summed E-state index contributed by atoms with van der Waals surface area (Å²) in [6, 6.07) is 0.530. The Morgan fingerprint density at radius 3 is 2.47 bits per heavy atom. The number of anilines is 3. The van der Waals surface area contributed by atoms with Gasteiger partial charge in [0.25, 0.3) is 0 Å². The lowest BCUT2D eigenvalue weighted by Gasteiger charge is -2.13. The second-order valence-corrected chi connectivity index (χ2v) is 4.58. The summed E-state index contributed by atoms with van der Waals surface area (Å²) in [7, 11) is 5.65. The van der Waals surface area contributed by atoms with Gasteiger partial charge in [-0.15, -0.1) is 0 Å². The van der Waals surface area contributed by atoms with Crippen molar-refractivity contribution < 1.29 is 0 Å². The van der Waals surface area contributed by atoms with Crippen molar-refractivity contribution in [1.29, 1.82) is 0 Å². The Balaban J connectivity index is 2.13. The van der Waals surface area contributed by atoms with Crippen LogP contribution < -0.4 is 15.5 Å². The molecule has 0 bridgehead atoms. The zero-order chi connectivity index (χ0) is 12.4. The first-order valence-electron chi connectivity index (χ1n) is 6.01. The number of nitrogens with zero attached hydrogens (tertiary/aromatic N) is 4. The van der Waals surface area contributed by atoms with Gasteiger partial charge in [-0.3, -0.25) is 0 Å². The molecular weight excluding hydrogens is 216 g/mol. The highest BCUT2D eigenvalue weighted by Gasteiger charge is 2.35. The predicted octanol–water partition coefficient (Wildman–Crippen LogP) is 1.19. The Bertz CT molecular complexity index is 392. The van der Waals surface area contributed by atoms with Gasteiger partial charge in [0.2, 0.25) is 17.8 Å². The highest BCUT2D eigenvalue weighted by molar-refractivity contribution is 5.43. The van der Waals surface area contributed by atoms with Gasteiger partial charge in [0.15, 0.2) is 0 Å². The van der Waals surface area contributed by atoms with E-state index in [1.807, 2.05) is 26.0 Å². The van der Waals surface area contributed by atoms with Crippen LogP contribution in [0.4, 0.5) is 17.8 Å². The van der Waals surface area contributed by atoms with E-state index in [1.165, 1.54) is 12.8 Å². The van der Waals surface area contributed by atoms with Crippen molar-refractivity contribution in [2.45, 2.75) is 25.8 Å². The monoisotopic (exact) mass is 236 g/mol. The van der Waals surface area contributed by atoms with Crippen molar-refractivity contribution in [2.24, 2.45) is 5.92 Å². The molecule has 1 fully saturated rings. The lowest BCUT2D eigenvalue weighted by molar-refractivity contribution is 0.770. The number of nitrogens with one attached hydrogen (secondary N) is 2. The Kier molecular flexibility index (Phi) is 3.31. The summed E-state index contributed by atoms with van der Waals surface area (Å²) in [5.74, 6) is 2.70. The first kappa shape index (κ1) is 11.9. The molecule has 2 rings (SSSR count). The van der Waals surface area contributed by atoms with E-state index in [2.05, 4.69) is 32.5 Å². The largest absolute Gasteiger partial charge is 0.357 e. The standard InChI is InChI=1S/C11H20N6/c1-5-7-6-8(7)13-10-14-9(12-2)15-11(16-10)17(3)4/h7-8H,5-6H2,1-4H3,(H2,12,13,14,15,16). The van der Waals surface area contributed by atoms with E-state index in [0.717, 1.165) is 5.92 Å². The van der Waals surface area contributed by atoms with Gasteiger partial charge in [-0.05, 0) is 12.3 Å². The first-order chi connectivity index (χ1) is 8.13. The normalized spacial score (nSPS) is 22.1. The number of rotatable bonds is 5. The third-order valence-corrected chi connectivity index (χ3v) is 3.01. The number of aromatic nitrogens is 3. The molecule has 1 heterocycles. The van der Waals surface area contributed by atoms with Gasteiger partial charge >= 0.3 is 0 Å². The lowest BCUT2D eigenvalue weighted by Crippen LogP contribution is -2.17. The van der Waals surface area contributed by atoms with E-state index < -0.39 is 0 Å². The van der Waals surface area contributed by atoms with E-state index in [-0.39, 0.29) is 0 Å². The van der Waals surface area contributed by atoms with Crippen molar-refractivity contribution in [2.75, 3.05) is 36.7 Å². The van der Waals surface area contributed by atoms with Crippen LogP contribution >= 0.6 is 0 Å². The summed E-state index contributed by atoms with van der Waals surface area (Å²) in [6.07, 6.45) is 2.43. The van der Waals surface area contributed by atoms with Crippen molar-refractivity contribution in [3.05, 3.63) is 0 Å². The van der Waals surface area contributed by atoms with Crippen molar-refractivity contribution >= 4 is 17.8 Å². The van der Waals surface area contributed by atoms with Crippen LogP contribution in [0.25, 0.3) is 0 Å². The van der Waals surface area contributed by atoms with Gasteiger partial charge in [0.1, 0.15) is 0 Å². The molecule has 1 aliphatic carbocycles. The van der Waals surface area contributed by atoms with E-state index in [4.69, 9.17) is 0 Å². The fourth-order valence-corrected chi connectivity index (χ4v) is 1.78. The molecule has 17 heavy (non-hydrogen) atoms. The second-order valence-electron chi connectivity index (χ2n) is 4.58. The summed E-state index contributed by atoms with van der Waals surface area (Å²) in [5.41, 5.74) is 0. The van der Waals surface area contributed by atoms with Crippen molar-refractivity contribution in [3.8, 4) is 0 Å². The Labute approximate surface area is 102 Å². The first-order valence-corrected chi connectivity index (χ1v) is 6.01. The van der Waals surface area contributed by atoms with Gasteiger partial charge in [-0.1, -0.05) is 13.3 Å². The molecule has 6 heteroatoms. The van der Waals surface area contributed by atoms with Crippen LogP contribution in [-0.2, 0) is 0 Å². The molecule has 0 spiro atoms. The molecule has 2 atom stereocenters. The van der Waals surface area contributed by atoms with Gasteiger partial charge in [0.05, 0.1) is 0 Å². The molecule has 94 valence electrons. The fraction of sp³-hybridized carbons (Fsp3) is 0.727. The van der Waals surface area contributed by atoms with Crippen LogP contribution in [0.5, 0.6) is 0 Å². The molecule has 1 aromatic rings. The molecule has 1 aliphatic rings. The highest BCUT2D eigenvalue weighted by Crippen LogP contribution is 2.35. The van der Waals surface area contributed by atoms with Crippen LogP contribution in [0.3, 0.4) is 0 Å². The maximum atomic E-state index is 4.38. The average molecular weight is 236 g/mol. The molecule has 0 amide bonds. The molecule has 6 nitrogen and oxygen atoms in total. The van der Waals surface area contributed by atoms with Gasteiger partial charge in [-0.2, -0.15) is 15.0 Å². The average Bonchev–Trinajstić information content (AvgIpc) is 3.06. The third-order valence-electron chi connectivity index (χ3n) is 3.01. The molecule has 0 aromatic carbocycles. The maximum Gasteiger partial charge on any atom is 0.231 e. The number of hydrogen-bond acceptors (Lipinski definition) is 6. The Morgan fingerprint density at radius 1 is 1.24 bits per heavy atom. The van der Waals surface area contributed by atoms with Gasteiger partial charge in [0, 0.05) is 27.2 Å². The number of hydrogen-bond donors (Lipinski definition) is 2. The molecule has 1 saturated carbocycles. The van der Waals surface area contributed by atoms with Crippen LogP contribution in [0.2, 0.25) is 0 Å². The Morgan fingerprint density at radius 2 is 1.94 bits per heavy atom. The fourth-order valence-electron chi connectivity index (χ4n) is 1.78. The molecular formula is C11H20N6. The van der Waals surface area contributed by atoms with E-state index in [0.29, 0.717) is 23.9 Å². The Hall–Kier alpha value is -1.59. The zero-order valence-electron chi connectivity index (χ0n) is 10.9. The minimum atomic E-state index is 0.530. The molecule has 1 aromatic heterocycles. The maximum absolute atomic E-state index is 4.38. The summed E-state index contributed by atoms with van der Waals surface area (Å²) >= 11 is 0. The minimum absolute atomic E-state index is 0.530. The quantitative estimate of drug-likeness (QED) is 0.800. The summed E-state index contributed by atoms with van der Waals surface area (Å²) < 4.78 is 0. The van der Waals surface area contributed by atoms with Gasteiger partial charge in [-0.25, -0.2) is 0 Å². The summed E-state index contributed by atoms with van der Waals surface area (Å²) in [6.45, 7) is 2.21. The summed E-state index contributed by atoms with van der Waals surface area (Å²) in [5, 5.41) is 6.31. The van der Waals surface area contributed by atoms with Crippen LogP contribution in [0.15, 0.2) is 0 Å². The van der Waals surface area contributed by atoms with Crippen LogP contribution in [0, 0.1) is 5.92 Å². The smallest absolute Gasteiger partial charge is 0.231 e. The predicted molar refractivity (Wildman–Crippen MR) is 69.5 cm³/mol. The minimum Gasteiger partial charge on any atom is -0.357 e. The van der Waals surface area contributed by atoms with Crippen LogP contribution in [0.1, 0.15) is 19.8 Å². The van der Waals surface area contributed by atoms with E-state index in [1.54, 1.807) is 0 Å².